The maximum atomic E-state index is 10.9. The fourth-order valence-corrected chi connectivity index (χ4v) is 0.690. The molecule has 16 heavy (non-hydrogen) atoms. The maximum absolute atomic E-state index is 10.9. The molecular formula is C13H25NO2. The molecule has 0 aliphatic rings. The number of ketones is 1. The second-order valence-corrected chi connectivity index (χ2v) is 2.52. The smallest absolute Gasteiger partial charge is 0.161 e. The summed E-state index contributed by atoms with van der Waals surface area (Å²) < 4.78 is 4.25. The third-order valence-electron chi connectivity index (χ3n) is 1.29. The zero-order valence-corrected chi connectivity index (χ0v) is 11.3. The number of nitrogens with two attached hydrogens (primary N) is 1. The van der Waals surface area contributed by atoms with Gasteiger partial charge in [0.2, 0.25) is 0 Å². The molecule has 3 nitrogen and oxygen atoms in total. The van der Waals surface area contributed by atoms with Crippen molar-refractivity contribution in [2.75, 3.05) is 14.2 Å². The summed E-state index contributed by atoms with van der Waals surface area (Å²) in [4.78, 5) is 10.9. The minimum Gasteiger partial charge on any atom is -0.398 e. The van der Waals surface area contributed by atoms with Crippen LogP contribution in [0.3, 0.4) is 0 Å². The van der Waals surface area contributed by atoms with Gasteiger partial charge in [-0.15, -0.1) is 0 Å². The molecule has 94 valence electrons. The second-order valence-electron chi connectivity index (χ2n) is 2.52. The fraction of sp³-hybridized carbons (Fsp3) is 0.462. The van der Waals surface area contributed by atoms with Crippen molar-refractivity contribution < 1.29 is 9.53 Å². The molecule has 2 N–H and O–H groups in total. The third kappa shape index (κ3) is 12.7. The summed E-state index contributed by atoms with van der Waals surface area (Å²) in [6, 6.07) is 0. The minimum absolute atomic E-state index is 0.0412. The van der Waals surface area contributed by atoms with Gasteiger partial charge in [0.1, 0.15) is 0 Å². The monoisotopic (exact) mass is 227 g/mol. The van der Waals surface area contributed by atoms with E-state index in [0.717, 1.165) is 0 Å². The van der Waals surface area contributed by atoms with Gasteiger partial charge in [0.25, 0.3) is 0 Å². The number of carbonyl (C=O) groups excluding carboxylic acids is 1. The number of hydrogen-bond donors (Lipinski definition) is 1. The van der Waals surface area contributed by atoms with Gasteiger partial charge in [-0.05, 0) is 19.9 Å². The van der Waals surface area contributed by atoms with Gasteiger partial charge in [-0.1, -0.05) is 32.6 Å². The summed E-state index contributed by atoms with van der Waals surface area (Å²) in [5, 5.41) is 0. The van der Waals surface area contributed by atoms with Crippen molar-refractivity contribution in [2.24, 2.45) is 5.73 Å². The average molecular weight is 227 g/mol. The van der Waals surface area contributed by atoms with Crippen molar-refractivity contribution in [3.8, 4) is 0 Å². The van der Waals surface area contributed by atoms with Gasteiger partial charge >= 0.3 is 0 Å². The molecule has 0 rings (SSSR count). The normalized spacial score (nSPS) is 10.4. The van der Waals surface area contributed by atoms with Gasteiger partial charge in [0, 0.05) is 25.5 Å². The predicted octanol–water partition coefficient (Wildman–Crippen LogP) is 2.84. The van der Waals surface area contributed by atoms with Crippen molar-refractivity contribution in [1.29, 1.82) is 0 Å². The molecule has 0 saturated heterocycles. The summed E-state index contributed by atoms with van der Waals surface area (Å²) in [5.74, 6) is -0.0412. The first kappa shape index (κ1) is 20.1. The third-order valence-corrected chi connectivity index (χ3v) is 1.29. The number of ether oxygens (including phenoxy) is 1. The van der Waals surface area contributed by atoms with Crippen LogP contribution in [-0.4, -0.2) is 20.0 Å². The highest BCUT2D eigenvalue weighted by Gasteiger charge is 2.03. The molecule has 0 bridgehead atoms. The summed E-state index contributed by atoms with van der Waals surface area (Å²) in [6.45, 7) is 10.8. The quantitative estimate of drug-likeness (QED) is 0.596. The number of Topliss-reactive ketones (excluding diaryl/α,β-unsaturated/α-hetero) is 1. The van der Waals surface area contributed by atoms with Crippen LogP contribution in [0.25, 0.3) is 0 Å². The lowest BCUT2D eigenvalue weighted by Gasteiger charge is -2.00. The van der Waals surface area contributed by atoms with E-state index in [-0.39, 0.29) is 5.78 Å². The van der Waals surface area contributed by atoms with E-state index in [1.807, 2.05) is 13.8 Å². The van der Waals surface area contributed by atoms with Crippen LogP contribution in [-0.2, 0) is 9.53 Å². The van der Waals surface area contributed by atoms with E-state index in [1.165, 1.54) is 6.92 Å². The molecule has 0 amide bonds. The van der Waals surface area contributed by atoms with Crippen molar-refractivity contribution in [3.63, 3.8) is 0 Å². The molecule has 0 spiro atoms. The standard InChI is InChI=1S/C9H13NO.C2H6O.C2H6/c1-4-6-8(7(3)11)9(10)5-2;1-3-2;1-2/h4-6H,1,10H2,2-3H3;1-2H3;1-2H3/b8-6-,9-5+;;. The Balaban J connectivity index is -0.000000289. The molecule has 0 aromatic heterocycles. The molecule has 0 unspecified atom stereocenters. The van der Waals surface area contributed by atoms with E-state index in [0.29, 0.717) is 11.3 Å². The van der Waals surface area contributed by atoms with E-state index >= 15 is 0 Å². The number of hydrogen-bond acceptors (Lipinski definition) is 3. The van der Waals surface area contributed by atoms with E-state index < -0.39 is 0 Å². The number of carbonyl (C=O) groups is 1. The molecular weight excluding hydrogens is 202 g/mol. The van der Waals surface area contributed by atoms with Crippen LogP contribution >= 0.6 is 0 Å². The van der Waals surface area contributed by atoms with E-state index in [9.17, 15) is 4.79 Å². The van der Waals surface area contributed by atoms with Gasteiger partial charge in [0.05, 0.1) is 0 Å². The van der Waals surface area contributed by atoms with Crippen LogP contribution in [0.4, 0.5) is 0 Å². The lowest BCUT2D eigenvalue weighted by molar-refractivity contribution is -0.113. The van der Waals surface area contributed by atoms with Crippen LogP contribution in [0, 0.1) is 0 Å². The molecule has 3 heteroatoms. The van der Waals surface area contributed by atoms with Crippen molar-refractivity contribution in [3.05, 3.63) is 36.1 Å². The topological polar surface area (TPSA) is 52.3 Å². The first-order chi connectivity index (χ1) is 7.54. The highest BCUT2D eigenvalue weighted by Crippen LogP contribution is 2.04. The van der Waals surface area contributed by atoms with Crippen molar-refractivity contribution in [2.45, 2.75) is 27.7 Å². The van der Waals surface area contributed by atoms with Crippen LogP contribution in [0.1, 0.15) is 27.7 Å². The molecule has 0 aliphatic heterocycles. The van der Waals surface area contributed by atoms with E-state index in [1.54, 1.807) is 39.4 Å². The van der Waals surface area contributed by atoms with Gasteiger partial charge in [0.15, 0.2) is 5.78 Å². The molecule has 0 aromatic carbocycles. The largest absolute Gasteiger partial charge is 0.398 e. The molecule has 0 fully saturated rings. The van der Waals surface area contributed by atoms with E-state index in [4.69, 9.17) is 5.73 Å². The van der Waals surface area contributed by atoms with Gasteiger partial charge in [-0.25, -0.2) is 0 Å². The van der Waals surface area contributed by atoms with Crippen LogP contribution in [0.5, 0.6) is 0 Å². The van der Waals surface area contributed by atoms with Gasteiger partial charge in [-0.3, -0.25) is 4.79 Å². The van der Waals surface area contributed by atoms with Crippen LogP contribution in [0.15, 0.2) is 36.1 Å². The number of methoxy groups -OCH3 is 1. The van der Waals surface area contributed by atoms with Crippen molar-refractivity contribution >= 4 is 5.78 Å². The lowest BCUT2D eigenvalue weighted by Crippen LogP contribution is -2.07. The molecule has 0 radical (unpaired) electrons. The Bertz CT molecular complexity index is 240. The summed E-state index contributed by atoms with van der Waals surface area (Å²) in [6.07, 6.45) is 4.85. The number of rotatable bonds is 3. The number of allylic oxidation sites excluding steroid dienone is 4. The van der Waals surface area contributed by atoms with E-state index in [2.05, 4.69) is 11.3 Å². The maximum Gasteiger partial charge on any atom is 0.161 e. The summed E-state index contributed by atoms with van der Waals surface area (Å²) >= 11 is 0. The zero-order chi connectivity index (χ0) is 13.6. The Labute approximate surface area is 99.7 Å². The summed E-state index contributed by atoms with van der Waals surface area (Å²) in [5.41, 5.74) is 6.54. The van der Waals surface area contributed by atoms with Gasteiger partial charge in [-0.2, -0.15) is 0 Å². The molecule has 0 heterocycles. The molecule has 0 aliphatic carbocycles. The average Bonchev–Trinajstić information content (AvgIpc) is 2.28. The molecule has 0 aromatic rings. The highest BCUT2D eigenvalue weighted by molar-refractivity contribution is 5.97. The Morgan fingerprint density at radius 1 is 1.31 bits per heavy atom. The van der Waals surface area contributed by atoms with Crippen LogP contribution < -0.4 is 5.73 Å². The Kier molecular flexibility index (Phi) is 20.2. The fourth-order valence-electron chi connectivity index (χ4n) is 0.690. The minimum atomic E-state index is -0.0412. The first-order valence-electron chi connectivity index (χ1n) is 5.21. The molecule has 0 atom stereocenters. The Morgan fingerprint density at radius 2 is 1.69 bits per heavy atom. The Hall–Kier alpha value is -1.35. The highest BCUT2D eigenvalue weighted by atomic mass is 16.4. The van der Waals surface area contributed by atoms with Crippen molar-refractivity contribution in [1.82, 2.24) is 0 Å². The predicted molar refractivity (Wildman–Crippen MR) is 71.2 cm³/mol. The second kappa shape index (κ2) is 16.1. The molecule has 0 saturated carbocycles. The SMILES string of the molecule is C=C/C=C(C(C)=O)\C(N)=C/C.CC.COC. The first-order valence-corrected chi connectivity index (χ1v) is 5.21. The zero-order valence-electron chi connectivity index (χ0n) is 11.3. The van der Waals surface area contributed by atoms with Gasteiger partial charge < -0.3 is 10.5 Å². The van der Waals surface area contributed by atoms with Crippen LogP contribution in [0.2, 0.25) is 0 Å². The summed E-state index contributed by atoms with van der Waals surface area (Å²) in [7, 11) is 3.25. The lowest BCUT2D eigenvalue weighted by atomic mass is 10.1. The Morgan fingerprint density at radius 3 is 1.88 bits per heavy atom.